The van der Waals surface area contributed by atoms with Crippen LogP contribution in [0.5, 0.6) is 0 Å². The van der Waals surface area contributed by atoms with E-state index in [4.69, 9.17) is 10.7 Å². The van der Waals surface area contributed by atoms with E-state index in [0.717, 1.165) is 0 Å². The molecule has 0 fully saturated rings. The Bertz CT molecular complexity index is 128. The van der Waals surface area contributed by atoms with Crippen molar-refractivity contribution in [3.8, 4) is 0 Å². The van der Waals surface area contributed by atoms with Gasteiger partial charge in [-0.05, 0) is 22.0 Å². The van der Waals surface area contributed by atoms with Gasteiger partial charge in [0.25, 0.3) is 0 Å². The fourth-order valence-electron chi connectivity index (χ4n) is 0.447. The van der Waals surface area contributed by atoms with Crippen LogP contribution in [0, 0.1) is 11.3 Å². The first-order valence-corrected chi connectivity index (χ1v) is 5.53. The van der Waals surface area contributed by atoms with Gasteiger partial charge in [-0.2, -0.15) is 0 Å². The van der Waals surface area contributed by atoms with Gasteiger partial charge in [0, 0.05) is 5.75 Å². The van der Waals surface area contributed by atoms with E-state index >= 15 is 0 Å². The SMILES string of the molecule is CC(CS(=O)Cl)C(C)(C)C. The molecular formula is C7H15ClOS. The highest BCUT2D eigenvalue weighted by Gasteiger charge is 2.21. The van der Waals surface area contributed by atoms with Crippen LogP contribution in [0.2, 0.25) is 0 Å². The van der Waals surface area contributed by atoms with Crippen molar-refractivity contribution in [2.24, 2.45) is 11.3 Å². The van der Waals surface area contributed by atoms with E-state index in [9.17, 15) is 4.21 Å². The van der Waals surface area contributed by atoms with Crippen molar-refractivity contribution in [2.75, 3.05) is 5.75 Å². The monoisotopic (exact) mass is 182 g/mol. The zero-order valence-electron chi connectivity index (χ0n) is 6.98. The largest absolute Gasteiger partial charge is 0.243 e. The van der Waals surface area contributed by atoms with E-state index in [-0.39, 0.29) is 5.41 Å². The van der Waals surface area contributed by atoms with E-state index in [0.29, 0.717) is 11.7 Å². The molecule has 3 heteroatoms. The van der Waals surface area contributed by atoms with Crippen LogP contribution in [0.25, 0.3) is 0 Å². The summed E-state index contributed by atoms with van der Waals surface area (Å²) in [6, 6.07) is 0. The van der Waals surface area contributed by atoms with E-state index < -0.39 is 10.0 Å². The van der Waals surface area contributed by atoms with Gasteiger partial charge in [-0.1, -0.05) is 27.7 Å². The highest BCUT2D eigenvalue weighted by Crippen LogP contribution is 2.26. The topological polar surface area (TPSA) is 17.1 Å². The van der Waals surface area contributed by atoms with Crippen LogP contribution < -0.4 is 0 Å². The predicted molar refractivity (Wildman–Crippen MR) is 47.5 cm³/mol. The van der Waals surface area contributed by atoms with Crippen LogP contribution in [0.1, 0.15) is 27.7 Å². The molecule has 0 saturated carbocycles. The molecule has 2 atom stereocenters. The summed E-state index contributed by atoms with van der Waals surface area (Å²) in [5, 5.41) is 0. The van der Waals surface area contributed by atoms with E-state index in [1.54, 1.807) is 0 Å². The van der Waals surface area contributed by atoms with E-state index in [2.05, 4.69) is 27.7 Å². The second-order valence-corrected chi connectivity index (χ2v) is 5.67. The van der Waals surface area contributed by atoms with Crippen molar-refractivity contribution in [3.63, 3.8) is 0 Å². The third-order valence-corrected chi connectivity index (χ3v) is 3.00. The molecule has 0 aliphatic carbocycles. The second kappa shape index (κ2) is 3.72. The summed E-state index contributed by atoms with van der Waals surface area (Å²) in [6.45, 7) is 8.45. The average Bonchev–Trinajstić information content (AvgIpc) is 1.60. The summed E-state index contributed by atoms with van der Waals surface area (Å²) in [5.41, 5.74) is 0.213. The first kappa shape index (κ1) is 10.4. The maximum absolute atomic E-state index is 10.6. The molecule has 0 spiro atoms. The Labute approximate surface area is 70.1 Å². The summed E-state index contributed by atoms with van der Waals surface area (Å²) in [6.07, 6.45) is 0. The summed E-state index contributed by atoms with van der Waals surface area (Å²) in [4.78, 5) is 0. The Morgan fingerprint density at radius 3 is 2.00 bits per heavy atom. The highest BCUT2D eigenvalue weighted by atomic mass is 35.7. The normalized spacial score (nSPS) is 18.5. The van der Waals surface area contributed by atoms with Gasteiger partial charge in [0.2, 0.25) is 0 Å². The van der Waals surface area contributed by atoms with Gasteiger partial charge in [-0.3, -0.25) is 0 Å². The lowest BCUT2D eigenvalue weighted by molar-refractivity contribution is 0.287. The lowest BCUT2D eigenvalue weighted by Crippen LogP contribution is -2.21. The van der Waals surface area contributed by atoms with E-state index in [1.165, 1.54) is 0 Å². The van der Waals surface area contributed by atoms with Gasteiger partial charge in [0.15, 0.2) is 0 Å². The smallest absolute Gasteiger partial charge is 0.115 e. The Balaban J connectivity index is 3.85. The van der Waals surface area contributed by atoms with Gasteiger partial charge >= 0.3 is 0 Å². The Hall–Kier alpha value is 0.440. The first-order chi connectivity index (χ1) is 4.34. The number of halogens is 1. The third kappa shape index (κ3) is 4.29. The molecule has 1 nitrogen and oxygen atoms in total. The van der Waals surface area contributed by atoms with Crippen molar-refractivity contribution in [1.29, 1.82) is 0 Å². The predicted octanol–water partition coefficient (Wildman–Crippen LogP) is 2.57. The molecule has 10 heavy (non-hydrogen) atoms. The zero-order valence-corrected chi connectivity index (χ0v) is 8.55. The first-order valence-electron chi connectivity index (χ1n) is 3.38. The standard InChI is InChI=1S/C7H15ClOS/c1-6(5-10(8)9)7(2,3)4/h6H,5H2,1-4H3. The maximum atomic E-state index is 10.6. The number of rotatable bonds is 2. The zero-order chi connectivity index (χ0) is 8.36. The van der Waals surface area contributed by atoms with Crippen molar-refractivity contribution in [2.45, 2.75) is 27.7 Å². The Morgan fingerprint density at radius 2 is 1.90 bits per heavy atom. The van der Waals surface area contributed by atoms with Crippen molar-refractivity contribution in [1.82, 2.24) is 0 Å². The lowest BCUT2D eigenvalue weighted by atomic mass is 9.83. The van der Waals surface area contributed by atoms with Crippen LogP contribution in [0.4, 0.5) is 0 Å². The summed E-state index contributed by atoms with van der Waals surface area (Å²) in [5.74, 6) is 0.997. The minimum Gasteiger partial charge on any atom is -0.243 e. The molecule has 0 rings (SSSR count). The molecule has 0 N–H and O–H groups in total. The molecule has 0 heterocycles. The maximum Gasteiger partial charge on any atom is 0.115 e. The van der Waals surface area contributed by atoms with Crippen LogP contribution in [0.15, 0.2) is 0 Å². The molecule has 0 aliphatic rings. The molecule has 0 aliphatic heterocycles. The summed E-state index contributed by atoms with van der Waals surface area (Å²) < 4.78 is 10.6. The van der Waals surface area contributed by atoms with E-state index in [1.807, 2.05) is 0 Å². The molecule has 0 aromatic rings. The third-order valence-electron chi connectivity index (χ3n) is 1.86. The van der Waals surface area contributed by atoms with Crippen molar-refractivity contribution < 1.29 is 4.21 Å². The van der Waals surface area contributed by atoms with Crippen molar-refractivity contribution in [3.05, 3.63) is 0 Å². The number of hydrogen-bond acceptors (Lipinski definition) is 1. The fourth-order valence-corrected chi connectivity index (χ4v) is 1.91. The van der Waals surface area contributed by atoms with Crippen LogP contribution in [-0.2, 0) is 10.0 Å². The molecule has 0 amide bonds. The van der Waals surface area contributed by atoms with Crippen LogP contribution in [0.3, 0.4) is 0 Å². The average molecular weight is 183 g/mol. The molecule has 0 radical (unpaired) electrons. The second-order valence-electron chi connectivity index (χ2n) is 3.72. The fraction of sp³-hybridized carbons (Fsp3) is 1.00. The molecule has 0 saturated heterocycles. The van der Waals surface area contributed by atoms with Crippen molar-refractivity contribution >= 4 is 20.7 Å². The molecule has 2 unspecified atom stereocenters. The van der Waals surface area contributed by atoms with Crippen LogP contribution >= 0.6 is 10.7 Å². The van der Waals surface area contributed by atoms with Crippen LogP contribution in [-0.4, -0.2) is 9.96 Å². The quantitative estimate of drug-likeness (QED) is 0.600. The van der Waals surface area contributed by atoms with Gasteiger partial charge in [-0.25, -0.2) is 4.21 Å². The highest BCUT2D eigenvalue weighted by molar-refractivity contribution is 8.08. The number of hydrogen-bond donors (Lipinski definition) is 0. The summed E-state index contributed by atoms with van der Waals surface area (Å²) in [7, 11) is 4.18. The van der Waals surface area contributed by atoms with Gasteiger partial charge in [0.1, 0.15) is 10.0 Å². The van der Waals surface area contributed by atoms with Gasteiger partial charge in [0.05, 0.1) is 0 Å². The minimum absolute atomic E-state index is 0.213. The lowest BCUT2D eigenvalue weighted by Gasteiger charge is -2.25. The summed E-state index contributed by atoms with van der Waals surface area (Å²) >= 11 is 0. The van der Waals surface area contributed by atoms with Gasteiger partial charge in [-0.15, -0.1) is 0 Å². The molecule has 0 bridgehead atoms. The molecule has 0 aromatic heterocycles. The minimum atomic E-state index is -1.17. The molecule has 0 aromatic carbocycles. The Morgan fingerprint density at radius 1 is 1.50 bits per heavy atom. The molecule has 62 valence electrons. The van der Waals surface area contributed by atoms with Gasteiger partial charge < -0.3 is 0 Å². The Kier molecular flexibility index (Phi) is 3.89. The molecular weight excluding hydrogens is 168 g/mol.